The van der Waals surface area contributed by atoms with E-state index >= 15 is 0 Å². The van der Waals surface area contributed by atoms with Crippen LogP contribution in [0.4, 0.5) is 0 Å². The highest BCUT2D eigenvalue weighted by molar-refractivity contribution is 6.09. The van der Waals surface area contributed by atoms with Gasteiger partial charge in [0, 0.05) is 29.2 Å². The highest BCUT2D eigenvalue weighted by Crippen LogP contribution is 2.47. The molecule has 7 heteroatoms. The smallest absolute Gasteiger partial charge is 0.344 e. The lowest BCUT2D eigenvalue weighted by Gasteiger charge is -2.28. The third kappa shape index (κ3) is 3.27. The molecule has 0 aliphatic heterocycles. The molecule has 0 unspecified atom stereocenters. The summed E-state index contributed by atoms with van der Waals surface area (Å²) in [5.41, 5.74) is 2.42. The largest absolute Gasteiger partial charge is 0.493 e. The van der Waals surface area contributed by atoms with Crippen LogP contribution < -0.4 is 4.74 Å². The molecular weight excluding hydrogens is 372 g/mol. The van der Waals surface area contributed by atoms with Crippen LogP contribution in [0.2, 0.25) is 0 Å². The maximum Gasteiger partial charge on any atom is 0.344 e. The summed E-state index contributed by atoms with van der Waals surface area (Å²) in [6.07, 6.45) is 2.30. The minimum absolute atomic E-state index is 0.461. The van der Waals surface area contributed by atoms with Gasteiger partial charge in [-0.05, 0) is 31.0 Å². The lowest BCUT2D eigenvalue weighted by Crippen LogP contribution is -2.29. The molecule has 1 heterocycles. The van der Waals surface area contributed by atoms with Gasteiger partial charge >= 0.3 is 5.97 Å². The van der Waals surface area contributed by atoms with Crippen LogP contribution in [0.1, 0.15) is 31.2 Å². The fourth-order valence-electron chi connectivity index (χ4n) is 4.02. The van der Waals surface area contributed by atoms with Crippen molar-refractivity contribution in [1.29, 1.82) is 0 Å². The van der Waals surface area contributed by atoms with Gasteiger partial charge in [0.15, 0.2) is 11.3 Å². The molecule has 148 valence electrons. The Bertz CT molecular complexity index is 1150. The fourth-order valence-corrected chi connectivity index (χ4v) is 4.02. The van der Waals surface area contributed by atoms with Crippen LogP contribution in [-0.4, -0.2) is 30.5 Å². The standard InChI is InChI=1S/C22H20N2O5/c1-23-22(11-9-14(10-12-22)24-28-13-19(25)26)16-7-8-18(27-2)21-20(16)15-5-3-4-6-17(15)29-21/h3-8H,9-13H2,2H3,(H,25,26). The van der Waals surface area contributed by atoms with Crippen molar-refractivity contribution in [2.45, 2.75) is 31.2 Å². The average molecular weight is 392 g/mol. The number of carbonyl (C=O) groups is 1. The van der Waals surface area contributed by atoms with Gasteiger partial charge in [-0.3, -0.25) is 0 Å². The number of para-hydroxylation sites is 1. The second kappa shape index (κ2) is 7.47. The van der Waals surface area contributed by atoms with Crippen molar-refractivity contribution in [2.24, 2.45) is 5.16 Å². The maximum absolute atomic E-state index is 10.6. The lowest BCUT2D eigenvalue weighted by molar-refractivity contribution is -0.142. The Morgan fingerprint density at radius 2 is 2.03 bits per heavy atom. The van der Waals surface area contributed by atoms with E-state index in [-0.39, 0.29) is 0 Å². The van der Waals surface area contributed by atoms with E-state index in [1.54, 1.807) is 7.11 Å². The zero-order valence-electron chi connectivity index (χ0n) is 16.0. The van der Waals surface area contributed by atoms with Crippen LogP contribution in [-0.2, 0) is 15.2 Å². The predicted octanol–water partition coefficient (Wildman–Crippen LogP) is 4.74. The molecule has 2 aromatic carbocycles. The SMILES string of the molecule is [C-]#[N+]C1(c2ccc(OC)c3oc4ccccc4c23)CCC(=NOCC(=O)O)CC1. The molecule has 0 amide bonds. The van der Waals surface area contributed by atoms with Crippen LogP contribution in [0.5, 0.6) is 5.75 Å². The van der Waals surface area contributed by atoms with Gasteiger partial charge in [0.2, 0.25) is 6.61 Å². The van der Waals surface area contributed by atoms with Crippen molar-refractivity contribution in [3.05, 3.63) is 53.4 Å². The molecule has 0 bridgehead atoms. The lowest BCUT2D eigenvalue weighted by atomic mass is 9.75. The van der Waals surface area contributed by atoms with E-state index in [9.17, 15) is 4.79 Å². The molecule has 4 rings (SSSR count). The third-order valence-corrected chi connectivity index (χ3v) is 5.46. The third-order valence-electron chi connectivity index (χ3n) is 5.46. The monoisotopic (exact) mass is 392 g/mol. The molecule has 0 saturated heterocycles. The summed E-state index contributed by atoms with van der Waals surface area (Å²) in [7, 11) is 1.60. The summed E-state index contributed by atoms with van der Waals surface area (Å²) in [5.74, 6) is -0.423. The van der Waals surface area contributed by atoms with E-state index in [4.69, 9.17) is 25.7 Å². The number of benzene rings is 2. The van der Waals surface area contributed by atoms with Crippen molar-refractivity contribution >= 4 is 33.6 Å². The summed E-state index contributed by atoms with van der Waals surface area (Å²) >= 11 is 0. The maximum atomic E-state index is 10.6. The molecular formula is C22H20N2O5. The number of carboxylic acids is 1. The average Bonchev–Trinajstić information content (AvgIpc) is 3.13. The molecule has 1 saturated carbocycles. The van der Waals surface area contributed by atoms with Gasteiger partial charge in [-0.2, -0.15) is 0 Å². The van der Waals surface area contributed by atoms with Crippen LogP contribution in [0, 0.1) is 6.57 Å². The molecule has 1 aliphatic rings. The van der Waals surface area contributed by atoms with E-state index in [1.165, 1.54) is 0 Å². The highest BCUT2D eigenvalue weighted by atomic mass is 16.6. The van der Waals surface area contributed by atoms with E-state index in [0.29, 0.717) is 37.0 Å². The van der Waals surface area contributed by atoms with Crippen molar-refractivity contribution < 1.29 is 23.9 Å². The zero-order chi connectivity index (χ0) is 20.4. The molecule has 7 nitrogen and oxygen atoms in total. The Morgan fingerprint density at radius 1 is 1.28 bits per heavy atom. The molecule has 1 fully saturated rings. The number of rotatable bonds is 5. The van der Waals surface area contributed by atoms with Gasteiger partial charge in [0.25, 0.3) is 5.54 Å². The number of fused-ring (bicyclic) bond motifs is 3. The van der Waals surface area contributed by atoms with Gasteiger partial charge in [0.1, 0.15) is 5.58 Å². The molecule has 1 aromatic heterocycles. The molecule has 0 radical (unpaired) electrons. The summed E-state index contributed by atoms with van der Waals surface area (Å²) in [6.45, 7) is 7.53. The number of methoxy groups -OCH3 is 1. The number of nitrogens with zero attached hydrogens (tertiary/aromatic N) is 2. The number of ether oxygens (including phenoxy) is 1. The number of furan rings is 1. The Balaban J connectivity index is 1.76. The van der Waals surface area contributed by atoms with Crippen molar-refractivity contribution in [1.82, 2.24) is 0 Å². The second-order valence-corrected chi connectivity index (χ2v) is 7.09. The summed E-state index contributed by atoms with van der Waals surface area (Å²) in [6, 6.07) is 11.6. The van der Waals surface area contributed by atoms with Crippen molar-refractivity contribution in [3.8, 4) is 5.75 Å². The van der Waals surface area contributed by atoms with Crippen molar-refractivity contribution in [3.63, 3.8) is 0 Å². The topological polar surface area (TPSA) is 85.6 Å². The second-order valence-electron chi connectivity index (χ2n) is 7.09. The Hall–Kier alpha value is -3.53. The first-order chi connectivity index (χ1) is 14.1. The molecule has 3 aromatic rings. The quantitative estimate of drug-likeness (QED) is 0.501. The first-order valence-corrected chi connectivity index (χ1v) is 9.35. The first kappa shape index (κ1) is 18.8. The van der Waals surface area contributed by atoms with Gasteiger partial charge in [-0.1, -0.05) is 23.4 Å². The minimum Gasteiger partial charge on any atom is -0.493 e. The summed E-state index contributed by atoms with van der Waals surface area (Å²) < 4.78 is 11.6. The number of oxime groups is 1. The number of aliphatic carboxylic acids is 1. The summed E-state index contributed by atoms with van der Waals surface area (Å²) in [5, 5.41) is 14.5. The number of hydrogen-bond acceptors (Lipinski definition) is 5. The van der Waals surface area contributed by atoms with E-state index in [1.807, 2.05) is 36.4 Å². The van der Waals surface area contributed by atoms with E-state index in [0.717, 1.165) is 27.6 Å². The van der Waals surface area contributed by atoms with Gasteiger partial charge in [-0.15, -0.1) is 0 Å². The summed E-state index contributed by atoms with van der Waals surface area (Å²) in [4.78, 5) is 19.5. The van der Waals surface area contributed by atoms with Crippen LogP contribution >= 0.6 is 0 Å². The van der Waals surface area contributed by atoms with Crippen LogP contribution in [0.3, 0.4) is 0 Å². The van der Waals surface area contributed by atoms with Crippen molar-refractivity contribution in [2.75, 3.05) is 13.7 Å². The molecule has 1 N–H and O–H groups in total. The van der Waals surface area contributed by atoms with E-state index < -0.39 is 18.1 Å². The Labute approximate surface area is 167 Å². The highest BCUT2D eigenvalue weighted by Gasteiger charge is 2.44. The zero-order valence-corrected chi connectivity index (χ0v) is 16.0. The first-order valence-electron chi connectivity index (χ1n) is 9.35. The van der Waals surface area contributed by atoms with Gasteiger partial charge < -0.3 is 23.9 Å². The van der Waals surface area contributed by atoms with Gasteiger partial charge in [-0.25, -0.2) is 11.4 Å². The molecule has 1 aliphatic carbocycles. The van der Waals surface area contributed by atoms with E-state index in [2.05, 4.69) is 10.0 Å². The molecule has 0 atom stereocenters. The molecule has 0 spiro atoms. The number of hydrogen-bond donors (Lipinski definition) is 1. The number of carboxylic acid groups (broad SMARTS) is 1. The van der Waals surface area contributed by atoms with Crippen LogP contribution in [0.25, 0.3) is 26.8 Å². The van der Waals surface area contributed by atoms with Crippen LogP contribution in [0.15, 0.2) is 46.0 Å². The normalized spacial score (nSPS) is 19.1. The molecule has 29 heavy (non-hydrogen) atoms. The Kier molecular flexibility index (Phi) is 4.85. The van der Waals surface area contributed by atoms with Gasteiger partial charge in [0.05, 0.1) is 12.8 Å². The predicted molar refractivity (Wildman–Crippen MR) is 108 cm³/mol. The minimum atomic E-state index is -1.06. The Morgan fingerprint density at radius 3 is 2.72 bits per heavy atom. The fraction of sp³-hybridized carbons (Fsp3) is 0.318.